The number of nitrogens with zero attached hydrogens (tertiary/aromatic N) is 2. The van der Waals surface area contributed by atoms with Crippen molar-refractivity contribution in [3.05, 3.63) is 46.0 Å². The van der Waals surface area contributed by atoms with E-state index in [0.29, 0.717) is 18.7 Å². The smallest absolute Gasteiger partial charge is 0.249 e. The van der Waals surface area contributed by atoms with Crippen LogP contribution in [0.15, 0.2) is 34.9 Å². The minimum atomic E-state index is -4.11. The summed E-state index contributed by atoms with van der Waals surface area (Å²) >= 11 is 0. The Labute approximate surface area is 172 Å². The number of allylic oxidation sites excluding steroid dienone is 2. The Morgan fingerprint density at radius 1 is 0.828 bits per heavy atom. The second-order valence-electron chi connectivity index (χ2n) is 8.39. The SMILES string of the molecule is CC1CCCC(C)N1S(=O)(=O)C1=C(N2CCCCC2)C(=O)c2ccccc2C1=O. The fourth-order valence-corrected chi connectivity index (χ4v) is 7.14. The Morgan fingerprint density at radius 2 is 1.38 bits per heavy atom. The topological polar surface area (TPSA) is 74.8 Å². The van der Waals surface area contributed by atoms with E-state index in [4.69, 9.17) is 0 Å². The third kappa shape index (κ3) is 3.34. The first-order valence-corrected chi connectivity index (χ1v) is 12.0. The lowest BCUT2D eigenvalue weighted by Crippen LogP contribution is -2.50. The van der Waals surface area contributed by atoms with Crippen LogP contribution in [-0.4, -0.2) is 54.4 Å². The third-order valence-corrected chi connectivity index (χ3v) is 8.54. The van der Waals surface area contributed by atoms with Gasteiger partial charge in [-0.15, -0.1) is 0 Å². The Balaban J connectivity index is 1.92. The van der Waals surface area contributed by atoms with Crippen LogP contribution in [0.1, 0.15) is 73.1 Å². The number of sulfonamides is 1. The Hall–Kier alpha value is -1.99. The van der Waals surface area contributed by atoms with Crippen molar-refractivity contribution in [2.75, 3.05) is 13.1 Å². The number of benzene rings is 1. The molecule has 2 saturated heterocycles. The summed E-state index contributed by atoms with van der Waals surface area (Å²) in [7, 11) is -4.11. The van der Waals surface area contributed by atoms with E-state index in [1.165, 1.54) is 4.31 Å². The number of hydrogen-bond acceptors (Lipinski definition) is 5. The van der Waals surface area contributed by atoms with Crippen LogP contribution in [0.2, 0.25) is 0 Å². The second kappa shape index (κ2) is 7.69. The van der Waals surface area contributed by atoms with Gasteiger partial charge >= 0.3 is 0 Å². The van der Waals surface area contributed by atoms with Gasteiger partial charge in [0.05, 0.1) is 0 Å². The molecule has 0 saturated carbocycles. The van der Waals surface area contributed by atoms with E-state index >= 15 is 0 Å². The van der Waals surface area contributed by atoms with Crippen molar-refractivity contribution in [1.29, 1.82) is 0 Å². The van der Waals surface area contributed by atoms with Gasteiger partial charge < -0.3 is 4.90 Å². The van der Waals surface area contributed by atoms with E-state index in [1.807, 2.05) is 18.7 Å². The van der Waals surface area contributed by atoms with Crippen molar-refractivity contribution in [1.82, 2.24) is 9.21 Å². The lowest BCUT2D eigenvalue weighted by atomic mass is 9.91. The number of Topliss-reactive ketones (excluding diaryl/α,β-unsaturated/α-hetero) is 2. The minimum Gasteiger partial charge on any atom is -0.367 e. The van der Waals surface area contributed by atoms with Crippen LogP contribution in [0, 0.1) is 0 Å². The van der Waals surface area contributed by atoms with E-state index in [-0.39, 0.29) is 34.0 Å². The van der Waals surface area contributed by atoms with E-state index in [1.54, 1.807) is 24.3 Å². The molecule has 0 radical (unpaired) electrons. The van der Waals surface area contributed by atoms with Gasteiger partial charge in [0.2, 0.25) is 21.6 Å². The lowest BCUT2D eigenvalue weighted by molar-refractivity contribution is 0.0937. The van der Waals surface area contributed by atoms with Gasteiger partial charge in [-0.3, -0.25) is 9.59 Å². The highest BCUT2D eigenvalue weighted by Gasteiger charge is 2.46. The highest BCUT2D eigenvalue weighted by atomic mass is 32.2. The molecule has 156 valence electrons. The summed E-state index contributed by atoms with van der Waals surface area (Å²) in [6, 6.07) is 6.17. The zero-order valence-corrected chi connectivity index (χ0v) is 17.9. The molecule has 3 aliphatic rings. The van der Waals surface area contributed by atoms with Crippen LogP contribution < -0.4 is 0 Å². The van der Waals surface area contributed by atoms with E-state index in [0.717, 1.165) is 38.5 Å². The summed E-state index contributed by atoms with van der Waals surface area (Å²) in [5.41, 5.74) is 0.573. The van der Waals surface area contributed by atoms with Crippen LogP contribution in [0.5, 0.6) is 0 Å². The molecule has 0 aromatic heterocycles. The monoisotopic (exact) mass is 416 g/mol. The van der Waals surface area contributed by atoms with Gasteiger partial charge in [0.15, 0.2) is 4.91 Å². The van der Waals surface area contributed by atoms with Gasteiger partial charge in [0.25, 0.3) is 0 Å². The summed E-state index contributed by atoms with van der Waals surface area (Å²) < 4.78 is 29.2. The van der Waals surface area contributed by atoms with Gasteiger partial charge in [0, 0.05) is 36.3 Å². The summed E-state index contributed by atoms with van der Waals surface area (Å²) in [5.74, 6) is -0.899. The second-order valence-corrected chi connectivity index (χ2v) is 10.2. The quantitative estimate of drug-likeness (QED) is 0.755. The number of carbonyl (C=O) groups is 2. The molecule has 2 atom stereocenters. The highest BCUT2D eigenvalue weighted by Crippen LogP contribution is 2.37. The first-order chi connectivity index (χ1) is 13.8. The number of carbonyl (C=O) groups excluding carboxylic acids is 2. The Kier molecular flexibility index (Phi) is 5.38. The number of rotatable bonds is 3. The van der Waals surface area contributed by atoms with Crippen molar-refractivity contribution in [3.8, 4) is 0 Å². The van der Waals surface area contributed by atoms with Crippen molar-refractivity contribution >= 4 is 21.6 Å². The standard InChI is InChI=1S/C22H28N2O4S/c1-15-9-8-10-16(2)24(15)29(27,28)22-19(23-13-6-3-7-14-23)20(25)17-11-4-5-12-18(17)21(22)26/h4-5,11-12,15-16H,3,6-10,13-14H2,1-2H3. The van der Waals surface area contributed by atoms with E-state index in [9.17, 15) is 18.0 Å². The molecule has 2 aliphatic heterocycles. The van der Waals surface area contributed by atoms with Crippen LogP contribution in [0.3, 0.4) is 0 Å². The Bertz CT molecular complexity index is 966. The largest absolute Gasteiger partial charge is 0.367 e. The average molecular weight is 417 g/mol. The zero-order valence-electron chi connectivity index (χ0n) is 17.1. The predicted molar refractivity (Wildman–Crippen MR) is 111 cm³/mol. The van der Waals surface area contributed by atoms with Crippen molar-refractivity contribution in [2.45, 2.75) is 64.5 Å². The van der Waals surface area contributed by atoms with Crippen LogP contribution >= 0.6 is 0 Å². The van der Waals surface area contributed by atoms with E-state index in [2.05, 4.69) is 0 Å². The summed E-state index contributed by atoms with van der Waals surface area (Å²) in [5, 5.41) is 0. The Morgan fingerprint density at radius 3 is 1.97 bits per heavy atom. The molecule has 6 nitrogen and oxygen atoms in total. The molecule has 0 spiro atoms. The summed E-state index contributed by atoms with van der Waals surface area (Å²) in [6.45, 7) is 4.97. The fourth-order valence-electron chi connectivity index (χ4n) is 4.96. The number of fused-ring (bicyclic) bond motifs is 1. The molecule has 1 aromatic carbocycles. The first kappa shape index (κ1) is 20.3. The third-order valence-electron chi connectivity index (χ3n) is 6.37. The van der Waals surface area contributed by atoms with Gasteiger partial charge in [0.1, 0.15) is 5.70 Å². The summed E-state index contributed by atoms with van der Waals surface area (Å²) in [4.78, 5) is 28.4. The molecule has 2 unspecified atom stereocenters. The zero-order chi connectivity index (χ0) is 20.8. The molecular weight excluding hydrogens is 388 g/mol. The lowest BCUT2D eigenvalue weighted by Gasteiger charge is -2.40. The molecule has 2 fully saturated rings. The van der Waals surface area contributed by atoms with Crippen LogP contribution in [0.25, 0.3) is 0 Å². The number of ketones is 2. The average Bonchev–Trinajstić information content (AvgIpc) is 2.70. The molecule has 0 bridgehead atoms. The number of likely N-dealkylation sites (tertiary alicyclic amines) is 1. The maximum Gasteiger partial charge on any atom is 0.249 e. The fraction of sp³-hybridized carbons (Fsp3) is 0.545. The van der Waals surface area contributed by atoms with Gasteiger partial charge in [-0.05, 0) is 46.0 Å². The van der Waals surface area contributed by atoms with E-state index < -0.39 is 15.8 Å². The maximum atomic E-state index is 13.8. The first-order valence-electron chi connectivity index (χ1n) is 10.5. The summed E-state index contributed by atoms with van der Waals surface area (Å²) in [6.07, 6.45) is 5.29. The van der Waals surface area contributed by atoms with Crippen molar-refractivity contribution in [2.24, 2.45) is 0 Å². The van der Waals surface area contributed by atoms with Crippen LogP contribution in [-0.2, 0) is 10.0 Å². The molecule has 0 N–H and O–H groups in total. The molecule has 1 aliphatic carbocycles. The molecule has 29 heavy (non-hydrogen) atoms. The highest BCUT2D eigenvalue weighted by molar-refractivity contribution is 7.94. The molecular formula is C22H28N2O4S. The number of hydrogen-bond donors (Lipinski definition) is 0. The molecule has 1 aromatic rings. The molecule has 4 rings (SSSR count). The number of piperidine rings is 2. The van der Waals surface area contributed by atoms with Gasteiger partial charge in [-0.25, -0.2) is 8.42 Å². The molecule has 2 heterocycles. The van der Waals surface area contributed by atoms with Gasteiger partial charge in [-0.1, -0.05) is 30.7 Å². The van der Waals surface area contributed by atoms with Crippen molar-refractivity contribution < 1.29 is 18.0 Å². The minimum absolute atomic E-state index is 0.0818. The predicted octanol–water partition coefficient (Wildman–Crippen LogP) is 3.36. The normalized spacial score (nSPS) is 26.6. The van der Waals surface area contributed by atoms with Crippen molar-refractivity contribution in [3.63, 3.8) is 0 Å². The maximum absolute atomic E-state index is 13.8. The molecule has 7 heteroatoms. The van der Waals surface area contributed by atoms with Gasteiger partial charge in [-0.2, -0.15) is 4.31 Å². The molecule has 0 amide bonds. The van der Waals surface area contributed by atoms with Crippen LogP contribution in [0.4, 0.5) is 0 Å².